The highest BCUT2D eigenvalue weighted by molar-refractivity contribution is 8.25. The predicted octanol–water partition coefficient (Wildman–Crippen LogP) is 5.26. The minimum absolute atomic E-state index is 0.303. The second-order valence-corrected chi connectivity index (χ2v) is 12.2. The molecular formula is C29H46N4O4S. The number of aliphatic hydroxyl groups is 1. The van der Waals surface area contributed by atoms with Crippen molar-refractivity contribution in [2.45, 2.75) is 70.9 Å². The van der Waals surface area contributed by atoms with E-state index >= 15 is 0 Å². The fraction of sp³-hybridized carbons (Fsp3) is 0.552. The van der Waals surface area contributed by atoms with Crippen LogP contribution < -0.4 is 20.3 Å². The van der Waals surface area contributed by atoms with Crippen molar-refractivity contribution in [1.29, 1.82) is 0 Å². The number of amides is 1. The maximum atomic E-state index is 13.5. The van der Waals surface area contributed by atoms with Crippen molar-refractivity contribution >= 4 is 28.1 Å². The molecule has 2 atom stereocenters. The molecule has 0 aliphatic carbocycles. The molecule has 0 bridgehead atoms. The quantitative estimate of drug-likeness (QED) is 0.169. The first-order valence-electron chi connectivity index (χ1n) is 14.0. The van der Waals surface area contributed by atoms with Gasteiger partial charge in [0, 0.05) is 30.9 Å². The molecule has 212 valence electrons. The molecule has 9 heteroatoms. The van der Waals surface area contributed by atoms with Gasteiger partial charge >= 0.3 is 0 Å². The second-order valence-electron chi connectivity index (χ2n) is 10.0. The number of benzene rings is 2. The molecule has 8 nitrogen and oxygen atoms in total. The normalized spacial score (nSPS) is 17.4. The Balaban J connectivity index is 1.77. The molecule has 1 aliphatic rings. The largest absolute Gasteiger partial charge is 0.390 e. The van der Waals surface area contributed by atoms with E-state index in [0.29, 0.717) is 43.1 Å². The summed E-state index contributed by atoms with van der Waals surface area (Å²) in [5.41, 5.74) is 2.80. The summed E-state index contributed by atoms with van der Waals surface area (Å²) in [7, 11) is -2.92. The summed E-state index contributed by atoms with van der Waals surface area (Å²) in [6.45, 7) is 6.57. The van der Waals surface area contributed by atoms with Crippen LogP contribution in [-0.4, -0.2) is 64.2 Å². The third kappa shape index (κ3) is 9.17. The molecule has 3 rings (SSSR count). The monoisotopic (exact) mass is 546 g/mol. The van der Waals surface area contributed by atoms with Gasteiger partial charge in [0.25, 0.3) is 5.91 Å². The van der Waals surface area contributed by atoms with Gasteiger partial charge in [0.1, 0.15) is 0 Å². The molecule has 38 heavy (non-hydrogen) atoms. The third-order valence-corrected chi connectivity index (χ3v) is 8.81. The maximum Gasteiger partial charge on any atom is 0.251 e. The van der Waals surface area contributed by atoms with Crippen LogP contribution in [0.4, 0.5) is 11.4 Å². The number of hydrogen-bond acceptors (Lipinski definition) is 7. The lowest BCUT2D eigenvalue weighted by atomic mass is 10.00. The zero-order chi connectivity index (χ0) is 27.4. The summed E-state index contributed by atoms with van der Waals surface area (Å²) in [5.74, 6) is 0.0268. The Labute approximate surface area is 229 Å². The van der Waals surface area contributed by atoms with Crippen LogP contribution in [0.3, 0.4) is 0 Å². The van der Waals surface area contributed by atoms with Gasteiger partial charge in [-0.25, -0.2) is 0 Å². The topological polar surface area (TPSA) is 117 Å². The van der Waals surface area contributed by atoms with E-state index in [1.54, 1.807) is 16.4 Å². The van der Waals surface area contributed by atoms with E-state index in [0.717, 1.165) is 43.5 Å². The van der Waals surface area contributed by atoms with Crippen LogP contribution >= 0.6 is 10.8 Å². The highest BCUT2D eigenvalue weighted by Crippen LogP contribution is 2.50. The summed E-state index contributed by atoms with van der Waals surface area (Å²) in [4.78, 5) is 13.5. The fourth-order valence-electron chi connectivity index (χ4n) is 4.77. The molecule has 1 fully saturated rings. The Morgan fingerprint density at radius 1 is 1.05 bits per heavy atom. The van der Waals surface area contributed by atoms with Gasteiger partial charge in [-0.3, -0.25) is 18.2 Å². The van der Waals surface area contributed by atoms with Crippen LogP contribution in [0.5, 0.6) is 0 Å². The van der Waals surface area contributed by atoms with Gasteiger partial charge in [0.2, 0.25) is 0 Å². The van der Waals surface area contributed by atoms with Gasteiger partial charge in [-0.05, 0) is 62.9 Å². The van der Waals surface area contributed by atoms with Gasteiger partial charge in [-0.15, -0.1) is 10.8 Å². The van der Waals surface area contributed by atoms with Crippen LogP contribution in [0.2, 0.25) is 0 Å². The fourth-order valence-corrected chi connectivity index (χ4v) is 6.45. The van der Waals surface area contributed by atoms with Crippen molar-refractivity contribution in [3.8, 4) is 0 Å². The number of aliphatic hydroxyl groups excluding tert-OH is 1. The number of nitrogens with one attached hydrogen (secondary N) is 3. The van der Waals surface area contributed by atoms with Crippen LogP contribution in [0.1, 0.15) is 68.3 Å². The zero-order valence-corrected chi connectivity index (χ0v) is 23.7. The van der Waals surface area contributed by atoms with Gasteiger partial charge in [0.15, 0.2) is 0 Å². The number of carbonyl (C=O) groups excluding carboxylic acids is 1. The lowest BCUT2D eigenvalue weighted by Crippen LogP contribution is -2.49. The molecule has 1 saturated heterocycles. The van der Waals surface area contributed by atoms with Gasteiger partial charge in [-0.2, -0.15) is 0 Å². The maximum absolute atomic E-state index is 13.5. The van der Waals surface area contributed by atoms with Crippen molar-refractivity contribution in [1.82, 2.24) is 10.6 Å². The van der Waals surface area contributed by atoms with Gasteiger partial charge in [0.05, 0.1) is 23.6 Å². The number of nitrogens with zero attached hydrogens (tertiary/aromatic N) is 1. The molecule has 1 heterocycles. The van der Waals surface area contributed by atoms with E-state index in [2.05, 4.69) is 22.9 Å². The molecule has 0 aromatic heterocycles. The summed E-state index contributed by atoms with van der Waals surface area (Å²) in [6.07, 6.45) is 5.97. The Morgan fingerprint density at radius 2 is 1.84 bits per heavy atom. The predicted molar refractivity (Wildman–Crippen MR) is 159 cm³/mol. The summed E-state index contributed by atoms with van der Waals surface area (Å²) >= 11 is 0. The number of carbonyl (C=O) groups is 1. The van der Waals surface area contributed by atoms with E-state index in [4.69, 9.17) is 0 Å². The Kier molecular flexibility index (Phi) is 12.2. The average molecular weight is 547 g/mol. The molecule has 1 aliphatic heterocycles. The van der Waals surface area contributed by atoms with Gasteiger partial charge < -0.3 is 21.1 Å². The summed E-state index contributed by atoms with van der Waals surface area (Å²) < 4.78 is 23.0. The molecule has 0 spiro atoms. The van der Waals surface area contributed by atoms with E-state index < -0.39 is 22.9 Å². The SMILES string of the molecule is CCCCCCNCC(O)C(Cc1ccccc1)NC(=O)c1cc(NCC)cc(N2CCCCS2(O)O)c1. The zero-order valence-electron chi connectivity index (χ0n) is 22.9. The lowest BCUT2D eigenvalue weighted by Gasteiger charge is -2.47. The lowest BCUT2D eigenvalue weighted by molar-refractivity contribution is 0.0830. The first kappa shape index (κ1) is 30.2. The van der Waals surface area contributed by atoms with Crippen molar-refractivity contribution < 1.29 is 19.0 Å². The van der Waals surface area contributed by atoms with Crippen LogP contribution in [0.25, 0.3) is 0 Å². The van der Waals surface area contributed by atoms with E-state index in [-0.39, 0.29) is 5.91 Å². The van der Waals surface area contributed by atoms with Crippen molar-refractivity contribution in [2.75, 3.05) is 41.6 Å². The number of anilines is 2. The van der Waals surface area contributed by atoms with Crippen molar-refractivity contribution in [2.24, 2.45) is 0 Å². The second kappa shape index (κ2) is 15.3. The van der Waals surface area contributed by atoms with Crippen LogP contribution in [-0.2, 0) is 6.42 Å². The van der Waals surface area contributed by atoms with Crippen molar-refractivity contribution in [3.63, 3.8) is 0 Å². The molecule has 1 amide bonds. The Morgan fingerprint density at radius 3 is 2.55 bits per heavy atom. The van der Waals surface area contributed by atoms with E-state index in [9.17, 15) is 19.0 Å². The van der Waals surface area contributed by atoms with Crippen molar-refractivity contribution in [3.05, 3.63) is 59.7 Å². The average Bonchev–Trinajstić information content (AvgIpc) is 2.90. The van der Waals surface area contributed by atoms with Gasteiger partial charge in [-0.1, -0.05) is 56.5 Å². The Hall–Kier alpha value is -2.30. The number of rotatable bonds is 15. The summed E-state index contributed by atoms with van der Waals surface area (Å²) in [6, 6.07) is 14.7. The number of hydrogen-bond donors (Lipinski definition) is 6. The van der Waals surface area contributed by atoms with E-state index in [1.165, 1.54) is 12.8 Å². The minimum atomic E-state index is -2.92. The highest BCUT2D eigenvalue weighted by Gasteiger charge is 2.28. The molecule has 2 aromatic rings. The smallest absolute Gasteiger partial charge is 0.251 e. The molecule has 0 radical (unpaired) electrons. The number of unbranched alkanes of at least 4 members (excludes halogenated alkanes) is 3. The standard InChI is InChI=1S/C29H46N4O4S/c1-3-5-6-10-15-30-22-28(34)27(18-23-13-8-7-9-14-23)32-29(35)24-19-25(31-4-2)21-26(20-24)33-16-11-12-17-38(33,36)37/h7-9,13-14,19-21,27-28,30-31,34,36-37H,3-6,10-12,15-18,22H2,1-2H3,(H,32,35). The molecule has 6 N–H and O–H groups in total. The third-order valence-electron chi connectivity index (χ3n) is 6.87. The molecule has 0 saturated carbocycles. The van der Waals surface area contributed by atoms with E-state index in [1.807, 2.05) is 43.3 Å². The minimum Gasteiger partial charge on any atom is -0.390 e. The molecule has 2 unspecified atom stereocenters. The molecule has 2 aromatic carbocycles. The first-order valence-corrected chi connectivity index (χ1v) is 15.7. The first-order chi connectivity index (χ1) is 18.3. The van der Waals surface area contributed by atoms with Crippen LogP contribution in [0.15, 0.2) is 48.5 Å². The van der Waals surface area contributed by atoms with Crippen LogP contribution in [0, 0.1) is 0 Å². The summed E-state index contributed by atoms with van der Waals surface area (Å²) in [5, 5.41) is 20.7. The Bertz CT molecular complexity index is 992. The molecular weight excluding hydrogens is 500 g/mol. The highest BCUT2D eigenvalue weighted by atomic mass is 32.3.